The van der Waals surface area contributed by atoms with Gasteiger partial charge in [0.25, 0.3) is 0 Å². The molecule has 2 heterocycles. The number of aryl methyl sites for hydroxylation is 1. The minimum Gasteiger partial charge on any atom is -0.461 e. The summed E-state index contributed by atoms with van der Waals surface area (Å²) >= 11 is 0. The SMILES string of the molecule is O=C(CCc1ccc(-c2ccccc2)o1)Nc1ccc(CN2CCOCC2)cc1. The molecular weight excluding hydrogens is 364 g/mol. The van der Waals surface area contributed by atoms with E-state index in [1.165, 1.54) is 5.56 Å². The first-order valence-electron chi connectivity index (χ1n) is 10.1. The van der Waals surface area contributed by atoms with E-state index in [2.05, 4.69) is 22.3 Å². The molecule has 0 bridgehead atoms. The fraction of sp³-hybridized carbons (Fsp3) is 0.292. The highest BCUT2D eigenvalue weighted by atomic mass is 16.5. The number of benzene rings is 2. The molecule has 3 aromatic rings. The zero-order chi connectivity index (χ0) is 19.9. The maximum Gasteiger partial charge on any atom is 0.224 e. The number of morpholine rings is 1. The van der Waals surface area contributed by atoms with Crippen molar-refractivity contribution in [2.24, 2.45) is 0 Å². The van der Waals surface area contributed by atoms with Crippen LogP contribution in [0.25, 0.3) is 11.3 Å². The van der Waals surface area contributed by atoms with Gasteiger partial charge in [0, 0.05) is 43.7 Å². The summed E-state index contributed by atoms with van der Waals surface area (Å²) < 4.78 is 11.2. The molecule has 2 aromatic carbocycles. The van der Waals surface area contributed by atoms with Crippen LogP contribution in [0, 0.1) is 0 Å². The third-order valence-electron chi connectivity index (χ3n) is 5.07. The Hall–Kier alpha value is -2.89. The number of nitrogens with zero attached hydrogens (tertiary/aromatic N) is 1. The summed E-state index contributed by atoms with van der Waals surface area (Å²) in [5.74, 6) is 1.64. The molecule has 1 fully saturated rings. The molecule has 0 radical (unpaired) electrons. The van der Waals surface area contributed by atoms with Crippen molar-refractivity contribution in [3.63, 3.8) is 0 Å². The van der Waals surface area contributed by atoms with Gasteiger partial charge in [0.1, 0.15) is 11.5 Å². The van der Waals surface area contributed by atoms with Gasteiger partial charge < -0.3 is 14.5 Å². The molecule has 1 amide bonds. The fourth-order valence-electron chi connectivity index (χ4n) is 3.44. The number of amides is 1. The molecule has 0 aliphatic carbocycles. The molecule has 1 aromatic heterocycles. The molecule has 1 saturated heterocycles. The Morgan fingerprint density at radius 1 is 0.931 bits per heavy atom. The van der Waals surface area contributed by atoms with Gasteiger partial charge >= 0.3 is 0 Å². The van der Waals surface area contributed by atoms with E-state index < -0.39 is 0 Å². The fourth-order valence-corrected chi connectivity index (χ4v) is 3.44. The van der Waals surface area contributed by atoms with Gasteiger partial charge in [-0.25, -0.2) is 0 Å². The number of rotatable bonds is 7. The van der Waals surface area contributed by atoms with Crippen LogP contribution >= 0.6 is 0 Å². The van der Waals surface area contributed by atoms with Gasteiger partial charge in [-0.2, -0.15) is 0 Å². The Kier molecular flexibility index (Phi) is 6.39. The van der Waals surface area contributed by atoms with E-state index in [0.29, 0.717) is 12.8 Å². The Morgan fingerprint density at radius 3 is 2.45 bits per heavy atom. The van der Waals surface area contributed by atoms with Crippen LogP contribution in [0.1, 0.15) is 17.7 Å². The number of carbonyl (C=O) groups excluding carboxylic acids is 1. The predicted octanol–water partition coefficient (Wildman–Crippen LogP) is 4.35. The molecule has 0 saturated carbocycles. The molecule has 150 valence electrons. The maximum atomic E-state index is 12.3. The van der Waals surface area contributed by atoms with Crippen molar-refractivity contribution in [1.82, 2.24) is 4.90 Å². The molecule has 29 heavy (non-hydrogen) atoms. The lowest BCUT2D eigenvalue weighted by Crippen LogP contribution is -2.35. The van der Waals surface area contributed by atoms with Crippen molar-refractivity contribution in [2.75, 3.05) is 31.6 Å². The average molecular weight is 390 g/mol. The minimum atomic E-state index is -0.0106. The van der Waals surface area contributed by atoms with Crippen LogP contribution in [-0.4, -0.2) is 37.1 Å². The first-order valence-corrected chi connectivity index (χ1v) is 10.1. The van der Waals surface area contributed by atoms with E-state index in [1.54, 1.807) is 0 Å². The molecule has 4 rings (SSSR count). The van der Waals surface area contributed by atoms with E-state index in [9.17, 15) is 4.79 Å². The normalized spacial score (nSPS) is 14.6. The standard InChI is InChI=1S/C24H26N2O3/c27-24(13-11-22-10-12-23(29-22)20-4-2-1-3-5-20)25-21-8-6-19(7-9-21)18-26-14-16-28-17-15-26/h1-10,12H,11,13-18H2,(H,25,27). The van der Waals surface area contributed by atoms with Crippen molar-refractivity contribution in [2.45, 2.75) is 19.4 Å². The van der Waals surface area contributed by atoms with Crippen LogP contribution in [0.2, 0.25) is 0 Å². The van der Waals surface area contributed by atoms with E-state index in [4.69, 9.17) is 9.15 Å². The lowest BCUT2D eigenvalue weighted by molar-refractivity contribution is -0.116. The number of nitrogens with one attached hydrogen (secondary N) is 1. The van der Waals surface area contributed by atoms with Crippen LogP contribution in [-0.2, 0) is 22.5 Å². The lowest BCUT2D eigenvalue weighted by Gasteiger charge is -2.26. The van der Waals surface area contributed by atoms with Crippen molar-refractivity contribution in [3.05, 3.63) is 78.1 Å². The van der Waals surface area contributed by atoms with Crippen molar-refractivity contribution >= 4 is 11.6 Å². The van der Waals surface area contributed by atoms with Crippen LogP contribution in [0.5, 0.6) is 0 Å². The van der Waals surface area contributed by atoms with Crippen LogP contribution in [0.4, 0.5) is 5.69 Å². The van der Waals surface area contributed by atoms with Gasteiger partial charge in [-0.15, -0.1) is 0 Å². The van der Waals surface area contributed by atoms with Gasteiger partial charge in [0.2, 0.25) is 5.91 Å². The molecule has 1 aliphatic heterocycles. The number of carbonyl (C=O) groups is 1. The summed E-state index contributed by atoms with van der Waals surface area (Å²) in [6.45, 7) is 4.46. The van der Waals surface area contributed by atoms with Crippen LogP contribution < -0.4 is 5.32 Å². The zero-order valence-corrected chi connectivity index (χ0v) is 16.5. The molecule has 0 atom stereocenters. The van der Waals surface area contributed by atoms with Gasteiger partial charge in [0.15, 0.2) is 0 Å². The highest BCUT2D eigenvalue weighted by Crippen LogP contribution is 2.22. The Morgan fingerprint density at radius 2 is 1.69 bits per heavy atom. The second kappa shape index (κ2) is 9.54. The molecule has 1 N–H and O–H groups in total. The second-order valence-electron chi connectivity index (χ2n) is 7.27. The smallest absolute Gasteiger partial charge is 0.224 e. The number of furan rings is 1. The minimum absolute atomic E-state index is 0.0106. The molecule has 5 heteroatoms. The Balaban J connectivity index is 1.25. The summed E-state index contributed by atoms with van der Waals surface area (Å²) in [6.07, 6.45) is 0.963. The van der Waals surface area contributed by atoms with Crippen LogP contribution in [0.3, 0.4) is 0 Å². The van der Waals surface area contributed by atoms with E-state index >= 15 is 0 Å². The number of hydrogen-bond donors (Lipinski definition) is 1. The Bertz CT molecular complexity index is 913. The van der Waals surface area contributed by atoms with E-state index in [1.807, 2.05) is 54.6 Å². The summed E-state index contributed by atoms with van der Waals surface area (Å²) in [7, 11) is 0. The number of hydrogen-bond acceptors (Lipinski definition) is 4. The summed E-state index contributed by atoms with van der Waals surface area (Å²) in [6, 6.07) is 21.9. The van der Waals surface area contributed by atoms with Crippen molar-refractivity contribution < 1.29 is 13.9 Å². The molecule has 1 aliphatic rings. The molecule has 5 nitrogen and oxygen atoms in total. The van der Waals surface area contributed by atoms with Gasteiger partial charge in [-0.1, -0.05) is 42.5 Å². The monoisotopic (exact) mass is 390 g/mol. The largest absolute Gasteiger partial charge is 0.461 e. The topological polar surface area (TPSA) is 54.7 Å². The van der Waals surface area contributed by atoms with Crippen molar-refractivity contribution in [1.29, 1.82) is 0 Å². The molecule has 0 unspecified atom stereocenters. The van der Waals surface area contributed by atoms with Gasteiger partial charge in [-0.05, 0) is 29.8 Å². The van der Waals surface area contributed by atoms with Crippen molar-refractivity contribution in [3.8, 4) is 11.3 Å². The third kappa shape index (κ3) is 5.56. The zero-order valence-electron chi connectivity index (χ0n) is 16.5. The van der Waals surface area contributed by atoms with Crippen LogP contribution in [0.15, 0.2) is 71.1 Å². The first-order chi connectivity index (χ1) is 14.3. The lowest BCUT2D eigenvalue weighted by atomic mass is 10.1. The summed E-state index contributed by atoms with van der Waals surface area (Å²) in [5.41, 5.74) is 3.11. The highest BCUT2D eigenvalue weighted by molar-refractivity contribution is 5.90. The van der Waals surface area contributed by atoms with E-state index in [-0.39, 0.29) is 5.91 Å². The second-order valence-corrected chi connectivity index (χ2v) is 7.27. The number of ether oxygens (including phenoxy) is 1. The Labute approximate surface area is 171 Å². The maximum absolute atomic E-state index is 12.3. The van der Waals surface area contributed by atoms with E-state index in [0.717, 1.165) is 55.6 Å². The van der Waals surface area contributed by atoms with Gasteiger partial charge in [-0.3, -0.25) is 9.69 Å². The molecule has 0 spiro atoms. The highest BCUT2D eigenvalue weighted by Gasteiger charge is 2.11. The average Bonchev–Trinajstić information content (AvgIpc) is 3.24. The third-order valence-corrected chi connectivity index (χ3v) is 5.07. The summed E-state index contributed by atoms with van der Waals surface area (Å²) in [4.78, 5) is 14.7. The quantitative estimate of drug-likeness (QED) is 0.652. The summed E-state index contributed by atoms with van der Waals surface area (Å²) in [5, 5.41) is 2.97. The first kappa shape index (κ1) is 19.4. The van der Waals surface area contributed by atoms with Gasteiger partial charge in [0.05, 0.1) is 13.2 Å². The molecular formula is C24H26N2O3. The number of anilines is 1. The predicted molar refractivity (Wildman–Crippen MR) is 114 cm³/mol.